The predicted molar refractivity (Wildman–Crippen MR) is 57.7 cm³/mol. The lowest BCUT2D eigenvalue weighted by Gasteiger charge is -2.05. The lowest BCUT2D eigenvalue weighted by atomic mass is 10.2. The van der Waals surface area contributed by atoms with E-state index in [9.17, 15) is 13.2 Å². The number of aromatic nitrogens is 2. The number of benzene rings is 1. The Labute approximate surface area is 95.7 Å². The first kappa shape index (κ1) is 11.5. The number of nitrogens with two attached hydrogens (primary N) is 1. The Morgan fingerprint density at radius 1 is 1.24 bits per heavy atom. The molecule has 2 rings (SSSR count). The summed E-state index contributed by atoms with van der Waals surface area (Å²) in [4.78, 5) is 0. The molecule has 3 nitrogen and oxygen atoms in total. The van der Waals surface area contributed by atoms with Crippen molar-refractivity contribution in [2.75, 3.05) is 5.73 Å². The second-order valence-electron chi connectivity index (χ2n) is 3.75. The Balaban J connectivity index is 2.44. The molecular weight excluding hydrogens is 231 g/mol. The van der Waals surface area contributed by atoms with Crippen molar-refractivity contribution >= 4 is 5.69 Å². The number of aryl methyl sites for hydroxylation is 1. The number of rotatable bonds is 1. The number of hydrogen-bond donors (Lipinski definition) is 1. The minimum atomic E-state index is -4.43. The lowest BCUT2D eigenvalue weighted by molar-refractivity contribution is -0.141. The smallest absolute Gasteiger partial charge is 0.399 e. The van der Waals surface area contributed by atoms with Crippen LogP contribution in [0.15, 0.2) is 30.5 Å². The van der Waals surface area contributed by atoms with Gasteiger partial charge in [-0.1, -0.05) is 0 Å². The van der Waals surface area contributed by atoms with Crippen molar-refractivity contribution in [2.45, 2.75) is 13.1 Å². The van der Waals surface area contributed by atoms with Gasteiger partial charge in [-0.15, -0.1) is 0 Å². The van der Waals surface area contributed by atoms with Gasteiger partial charge in [0.1, 0.15) is 0 Å². The molecule has 0 saturated heterocycles. The van der Waals surface area contributed by atoms with Gasteiger partial charge in [0.2, 0.25) is 0 Å². The third kappa shape index (κ3) is 2.41. The fourth-order valence-corrected chi connectivity index (χ4v) is 1.54. The Kier molecular flexibility index (Phi) is 2.57. The molecule has 1 heterocycles. The van der Waals surface area contributed by atoms with Gasteiger partial charge in [-0.05, 0) is 36.8 Å². The summed E-state index contributed by atoms with van der Waals surface area (Å²) in [6.07, 6.45) is -3.17. The average Bonchev–Trinajstić information content (AvgIpc) is 2.63. The zero-order chi connectivity index (χ0) is 12.6. The molecule has 0 spiro atoms. The van der Waals surface area contributed by atoms with E-state index >= 15 is 0 Å². The van der Waals surface area contributed by atoms with Crippen LogP contribution < -0.4 is 5.73 Å². The molecule has 0 fully saturated rings. The number of anilines is 1. The molecule has 0 atom stereocenters. The molecule has 0 aliphatic carbocycles. The second kappa shape index (κ2) is 3.80. The third-order valence-electron chi connectivity index (χ3n) is 2.23. The van der Waals surface area contributed by atoms with Crippen molar-refractivity contribution in [3.8, 4) is 5.69 Å². The van der Waals surface area contributed by atoms with E-state index in [1.54, 1.807) is 18.2 Å². The van der Waals surface area contributed by atoms with Gasteiger partial charge in [-0.3, -0.25) is 0 Å². The summed E-state index contributed by atoms with van der Waals surface area (Å²) in [6, 6.07) is 5.94. The van der Waals surface area contributed by atoms with E-state index in [2.05, 4.69) is 5.10 Å². The van der Waals surface area contributed by atoms with Crippen molar-refractivity contribution in [3.63, 3.8) is 0 Å². The van der Waals surface area contributed by atoms with Gasteiger partial charge in [0.05, 0.1) is 5.69 Å². The van der Waals surface area contributed by atoms with Gasteiger partial charge in [0.15, 0.2) is 5.69 Å². The van der Waals surface area contributed by atoms with Gasteiger partial charge in [0.25, 0.3) is 0 Å². The highest BCUT2D eigenvalue weighted by Gasteiger charge is 2.33. The second-order valence-corrected chi connectivity index (χ2v) is 3.75. The summed E-state index contributed by atoms with van der Waals surface area (Å²) < 4.78 is 38.3. The molecule has 0 amide bonds. The van der Waals surface area contributed by atoms with Crippen molar-refractivity contribution in [2.24, 2.45) is 0 Å². The Morgan fingerprint density at radius 2 is 1.94 bits per heavy atom. The number of halogens is 3. The average molecular weight is 241 g/mol. The number of alkyl halides is 3. The molecule has 90 valence electrons. The minimum Gasteiger partial charge on any atom is -0.399 e. The van der Waals surface area contributed by atoms with Crippen LogP contribution in [-0.4, -0.2) is 9.78 Å². The number of nitrogen functional groups attached to an aromatic ring is 1. The molecule has 1 aromatic heterocycles. The van der Waals surface area contributed by atoms with Crippen LogP contribution in [0.2, 0.25) is 0 Å². The monoisotopic (exact) mass is 241 g/mol. The summed E-state index contributed by atoms with van der Waals surface area (Å²) in [7, 11) is 0. The normalized spacial score (nSPS) is 11.8. The summed E-state index contributed by atoms with van der Waals surface area (Å²) in [5.74, 6) is 0. The van der Waals surface area contributed by atoms with E-state index in [4.69, 9.17) is 5.73 Å². The number of nitrogens with zero attached hydrogens (tertiary/aromatic N) is 2. The van der Waals surface area contributed by atoms with Crippen molar-refractivity contribution in [1.82, 2.24) is 9.78 Å². The molecule has 0 unspecified atom stereocenters. The summed E-state index contributed by atoms with van der Waals surface area (Å²) in [5.41, 5.74) is 6.57. The quantitative estimate of drug-likeness (QED) is 0.780. The third-order valence-corrected chi connectivity index (χ3v) is 2.23. The standard InChI is InChI=1S/C11H10F3N3/c1-7-4-8(15)6-9(5-7)17-3-2-10(16-17)11(12,13)14/h2-6H,15H2,1H3. The van der Waals surface area contributed by atoms with E-state index in [1.807, 2.05) is 6.92 Å². The van der Waals surface area contributed by atoms with Crippen LogP contribution in [0.25, 0.3) is 5.69 Å². The zero-order valence-corrected chi connectivity index (χ0v) is 8.99. The number of hydrogen-bond acceptors (Lipinski definition) is 2. The van der Waals surface area contributed by atoms with E-state index in [1.165, 1.54) is 6.20 Å². The molecule has 0 aliphatic rings. The Hall–Kier alpha value is -1.98. The topological polar surface area (TPSA) is 43.8 Å². The molecule has 17 heavy (non-hydrogen) atoms. The maximum Gasteiger partial charge on any atom is 0.435 e. The van der Waals surface area contributed by atoms with Crippen LogP contribution >= 0.6 is 0 Å². The van der Waals surface area contributed by atoms with Gasteiger partial charge in [-0.25, -0.2) is 4.68 Å². The predicted octanol–water partition coefficient (Wildman–Crippen LogP) is 2.78. The van der Waals surface area contributed by atoms with E-state index in [-0.39, 0.29) is 0 Å². The largest absolute Gasteiger partial charge is 0.435 e. The molecule has 0 aliphatic heterocycles. The van der Waals surface area contributed by atoms with Crippen molar-refractivity contribution in [1.29, 1.82) is 0 Å². The molecular formula is C11H10F3N3. The van der Waals surface area contributed by atoms with Gasteiger partial charge in [-0.2, -0.15) is 18.3 Å². The Bertz CT molecular complexity index is 523. The lowest BCUT2D eigenvalue weighted by Crippen LogP contribution is -2.07. The molecule has 0 saturated carbocycles. The first-order chi connectivity index (χ1) is 7.86. The minimum absolute atomic E-state index is 0.490. The molecule has 2 aromatic rings. The summed E-state index contributed by atoms with van der Waals surface area (Å²) in [5, 5.41) is 3.47. The molecule has 0 bridgehead atoms. The first-order valence-electron chi connectivity index (χ1n) is 4.87. The highest BCUT2D eigenvalue weighted by molar-refractivity contribution is 5.50. The van der Waals surface area contributed by atoms with E-state index in [0.717, 1.165) is 16.3 Å². The van der Waals surface area contributed by atoms with E-state index in [0.29, 0.717) is 11.4 Å². The maximum absolute atomic E-state index is 12.4. The fourth-order valence-electron chi connectivity index (χ4n) is 1.54. The summed E-state index contributed by atoms with van der Waals surface area (Å²) >= 11 is 0. The van der Waals surface area contributed by atoms with Crippen LogP contribution in [0, 0.1) is 6.92 Å². The summed E-state index contributed by atoms with van der Waals surface area (Å²) in [6.45, 7) is 1.81. The Morgan fingerprint density at radius 3 is 2.47 bits per heavy atom. The molecule has 1 aromatic carbocycles. The van der Waals surface area contributed by atoms with Crippen LogP contribution in [-0.2, 0) is 6.18 Å². The maximum atomic E-state index is 12.4. The molecule has 6 heteroatoms. The van der Waals surface area contributed by atoms with Crippen LogP contribution in [0.3, 0.4) is 0 Å². The van der Waals surface area contributed by atoms with Crippen molar-refractivity contribution < 1.29 is 13.2 Å². The van der Waals surface area contributed by atoms with Crippen LogP contribution in [0.5, 0.6) is 0 Å². The molecule has 2 N–H and O–H groups in total. The van der Waals surface area contributed by atoms with Crippen LogP contribution in [0.1, 0.15) is 11.3 Å². The van der Waals surface area contributed by atoms with Gasteiger partial charge < -0.3 is 5.73 Å². The SMILES string of the molecule is Cc1cc(N)cc(-n2ccc(C(F)(F)F)n2)c1. The van der Waals surface area contributed by atoms with Gasteiger partial charge in [0, 0.05) is 11.9 Å². The molecule has 0 radical (unpaired) electrons. The fraction of sp³-hybridized carbons (Fsp3) is 0.182. The van der Waals surface area contributed by atoms with E-state index < -0.39 is 11.9 Å². The highest BCUT2D eigenvalue weighted by atomic mass is 19.4. The van der Waals surface area contributed by atoms with Crippen LogP contribution in [0.4, 0.5) is 18.9 Å². The van der Waals surface area contributed by atoms with Crippen molar-refractivity contribution in [3.05, 3.63) is 41.7 Å². The van der Waals surface area contributed by atoms with Gasteiger partial charge >= 0.3 is 6.18 Å². The first-order valence-corrected chi connectivity index (χ1v) is 4.87. The zero-order valence-electron chi connectivity index (χ0n) is 8.99. The highest BCUT2D eigenvalue weighted by Crippen LogP contribution is 2.28.